The second-order valence-corrected chi connectivity index (χ2v) is 5.45. The van der Waals surface area contributed by atoms with Crippen LogP contribution in [0.5, 0.6) is 11.5 Å². The first-order chi connectivity index (χ1) is 10.3. The third-order valence-corrected chi connectivity index (χ3v) is 3.87. The van der Waals surface area contributed by atoms with E-state index in [1.807, 2.05) is 0 Å². The van der Waals surface area contributed by atoms with Crippen molar-refractivity contribution in [2.45, 2.75) is 25.7 Å². The summed E-state index contributed by atoms with van der Waals surface area (Å²) >= 11 is 0. The third kappa shape index (κ3) is 1.90. The summed E-state index contributed by atoms with van der Waals surface area (Å²) in [5.74, 6) is -3.94. The highest BCUT2D eigenvalue weighted by atomic mass is 16.6. The van der Waals surface area contributed by atoms with Crippen LogP contribution in [0.2, 0.25) is 0 Å². The average molecular weight is 306 g/mol. The van der Waals surface area contributed by atoms with Gasteiger partial charge in [0.2, 0.25) is 5.78 Å². The Morgan fingerprint density at radius 1 is 1.18 bits per heavy atom. The van der Waals surface area contributed by atoms with E-state index in [0.29, 0.717) is 0 Å². The maximum atomic E-state index is 12.3. The Hall–Kier alpha value is -2.38. The summed E-state index contributed by atoms with van der Waals surface area (Å²) in [7, 11) is 1.23. The summed E-state index contributed by atoms with van der Waals surface area (Å²) < 4.78 is 10.0. The van der Waals surface area contributed by atoms with Crippen molar-refractivity contribution in [3.8, 4) is 11.5 Å². The molecule has 7 nitrogen and oxygen atoms in total. The van der Waals surface area contributed by atoms with Crippen molar-refractivity contribution in [3.63, 3.8) is 0 Å². The molecule has 0 bridgehead atoms. The van der Waals surface area contributed by atoms with Gasteiger partial charge in [0, 0.05) is 23.6 Å². The SMILES string of the molecule is COC1=CC(=O)c2c(O)c3c(c(O)c2C1=O)C[C@](C)(O)OC3. The van der Waals surface area contributed by atoms with Crippen LogP contribution in [-0.4, -0.2) is 39.8 Å². The molecule has 0 spiro atoms. The molecule has 1 aromatic carbocycles. The number of Topliss-reactive ketones (excluding diaryl/α,β-unsaturated/α-hetero) is 1. The molecule has 2 aliphatic rings. The van der Waals surface area contributed by atoms with Crippen molar-refractivity contribution in [1.29, 1.82) is 0 Å². The molecule has 1 aliphatic heterocycles. The fraction of sp³-hybridized carbons (Fsp3) is 0.333. The van der Waals surface area contributed by atoms with E-state index in [-0.39, 0.29) is 41.0 Å². The molecule has 1 heterocycles. The fourth-order valence-corrected chi connectivity index (χ4v) is 2.77. The van der Waals surface area contributed by atoms with Gasteiger partial charge in [-0.1, -0.05) is 0 Å². The standard InChI is InChI=1S/C15H14O7/c1-15(20)4-6-7(5-22-15)13(18)10-8(16)3-9(21-2)14(19)11(10)12(6)17/h3,17-18,20H,4-5H2,1-2H3/t15-/m1/s1. The lowest BCUT2D eigenvalue weighted by Gasteiger charge is -2.32. The van der Waals surface area contributed by atoms with Crippen molar-refractivity contribution in [2.24, 2.45) is 0 Å². The number of aliphatic hydroxyl groups is 1. The first-order valence-electron chi connectivity index (χ1n) is 6.57. The maximum absolute atomic E-state index is 12.3. The smallest absolute Gasteiger partial charge is 0.232 e. The third-order valence-electron chi connectivity index (χ3n) is 3.87. The first-order valence-corrected chi connectivity index (χ1v) is 6.57. The number of phenolic OH excluding ortho intramolecular Hbond substituents is 2. The lowest BCUT2D eigenvalue weighted by molar-refractivity contribution is -0.204. The first kappa shape index (κ1) is 14.6. The molecule has 1 aromatic rings. The minimum Gasteiger partial charge on any atom is -0.507 e. The molecule has 7 heteroatoms. The predicted molar refractivity (Wildman–Crippen MR) is 72.6 cm³/mol. The summed E-state index contributed by atoms with van der Waals surface area (Å²) in [4.78, 5) is 24.4. The van der Waals surface area contributed by atoms with Gasteiger partial charge in [-0.05, 0) is 6.92 Å². The maximum Gasteiger partial charge on any atom is 0.232 e. The predicted octanol–water partition coefficient (Wildman–Crippen LogP) is 0.788. The summed E-state index contributed by atoms with van der Waals surface area (Å²) in [6.45, 7) is 1.22. The van der Waals surface area contributed by atoms with Gasteiger partial charge >= 0.3 is 0 Å². The molecule has 0 saturated heterocycles. The van der Waals surface area contributed by atoms with Gasteiger partial charge in [0.1, 0.15) is 11.5 Å². The number of phenols is 2. The number of ketones is 2. The summed E-state index contributed by atoms with van der Waals surface area (Å²) in [5, 5.41) is 30.7. The number of hydrogen-bond acceptors (Lipinski definition) is 7. The van der Waals surface area contributed by atoms with Gasteiger partial charge in [0.25, 0.3) is 0 Å². The molecule has 1 atom stereocenters. The Morgan fingerprint density at radius 3 is 2.45 bits per heavy atom. The van der Waals surface area contributed by atoms with Crippen LogP contribution in [0.1, 0.15) is 38.8 Å². The minimum atomic E-state index is -1.53. The van der Waals surface area contributed by atoms with Crippen LogP contribution in [0.3, 0.4) is 0 Å². The molecule has 3 rings (SSSR count). The number of benzene rings is 1. The second kappa shape index (κ2) is 4.56. The van der Waals surface area contributed by atoms with Crippen LogP contribution >= 0.6 is 0 Å². The molecular formula is C15H14O7. The van der Waals surface area contributed by atoms with Gasteiger partial charge in [0.05, 0.1) is 24.8 Å². The number of carbonyl (C=O) groups excluding carboxylic acids is 2. The van der Waals surface area contributed by atoms with E-state index < -0.39 is 28.9 Å². The highest BCUT2D eigenvalue weighted by Crippen LogP contribution is 2.45. The zero-order valence-electron chi connectivity index (χ0n) is 12.0. The number of ether oxygens (including phenoxy) is 2. The molecule has 0 aromatic heterocycles. The molecule has 0 amide bonds. The van der Waals surface area contributed by atoms with Crippen molar-refractivity contribution < 1.29 is 34.4 Å². The number of allylic oxidation sites excluding steroid dienone is 2. The van der Waals surface area contributed by atoms with Crippen LogP contribution in [0, 0.1) is 0 Å². The molecule has 0 saturated carbocycles. The van der Waals surface area contributed by atoms with Crippen LogP contribution in [0.25, 0.3) is 0 Å². The quantitative estimate of drug-likeness (QED) is 0.657. The summed E-state index contributed by atoms with van der Waals surface area (Å²) in [5.41, 5.74) is -0.199. The van der Waals surface area contributed by atoms with Gasteiger partial charge in [-0.15, -0.1) is 0 Å². The number of rotatable bonds is 1. The monoisotopic (exact) mass is 306 g/mol. The molecule has 3 N–H and O–H groups in total. The Morgan fingerprint density at radius 2 is 1.82 bits per heavy atom. The largest absolute Gasteiger partial charge is 0.507 e. The fourth-order valence-electron chi connectivity index (χ4n) is 2.77. The Kier molecular flexibility index (Phi) is 3.01. The van der Waals surface area contributed by atoms with Crippen LogP contribution < -0.4 is 0 Å². The van der Waals surface area contributed by atoms with Gasteiger partial charge in [-0.25, -0.2) is 0 Å². The van der Waals surface area contributed by atoms with E-state index in [0.717, 1.165) is 6.08 Å². The van der Waals surface area contributed by atoms with Crippen LogP contribution in [0.15, 0.2) is 11.8 Å². The summed E-state index contributed by atoms with van der Waals surface area (Å²) in [6, 6.07) is 0. The van der Waals surface area contributed by atoms with Crippen LogP contribution in [0.4, 0.5) is 0 Å². The highest BCUT2D eigenvalue weighted by molar-refractivity contribution is 6.26. The van der Waals surface area contributed by atoms with Gasteiger partial charge in [-0.2, -0.15) is 0 Å². The van der Waals surface area contributed by atoms with Crippen molar-refractivity contribution in [2.75, 3.05) is 7.11 Å². The van der Waals surface area contributed by atoms with E-state index in [9.17, 15) is 24.9 Å². The highest BCUT2D eigenvalue weighted by Gasteiger charge is 2.39. The number of fused-ring (bicyclic) bond motifs is 2. The Bertz CT molecular complexity index is 743. The average Bonchev–Trinajstić information content (AvgIpc) is 2.45. The van der Waals surface area contributed by atoms with Gasteiger partial charge < -0.3 is 24.8 Å². The number of methoxy groups -OCH3 is 1. The van der Waals surface area contributed by atoms with E-state index in [4.69, 9.17) is 9.47 Å². The van der Waals surface area contributed by atoms with Crippen LogP contribution in [-0.2, 0) is 22.5 Å². The topological polar surface area (TPSA) is 113 Å². The van der Waals surface area contributed by atoms with E-state index in [1.54, 1.807) is 0 Å². The molecule has 1 aliphatic carbocycles. The Balaban J connectivity index is 2.30. The lowest BCUT2D eigenvalue weighted by atomic mass is 9.84. The molecule has 22 heavy (non-hydrogen) atoms. The lowest BCUT2D eigenvalue weighted by Crippen LogP contribution is -2.35. The zero-order valence-corrected chi connectivity index (χ0v) is 12.0. The van der Waals surface area contributed by atoms with Crippen molar-refractivity contribution >= 4 is 11.6 Å². The Labute approximate surface area is 125 Å². The summed E-state index contributed by atoms with van der Waals surface area (Å²) in [6.07, 6.45) is 0.846. The number of aromatic hydroxyl groups is 2. The normalized spacial score (nSPS) is 23.7. The van der Waals surface area contributed by atoms with Crippen molar-refractivity contribution in [3.05, 3.63) is 34.1 Å². The number of carbonyl (C=O) groups is 2. The zero-order chi connectivity index (χ0) is 16.2. The van der Waals surface area contributed by atoms with E-state index in [1.165, 1.54) is 14.0 Å². The second-order valence-electron chi connectivity index (χ2n) is 5.45. The number of hydrogen-bond donors (Lipinski definition) is 3. The molecular weight excluding hydrogens is 292 g/mol. The molecule has 116 valence electrons. The van der Waals surface area contributed by atoms with Gasteiger partial charge in [-0.3, -0.25) is 9.59 Å². The molecule has 0 radical (unpaired) electrons. The minimum absolute atomic E-state index is 0.123. The van der Waals surface area contributed by atoms with E-state index >= 15 is 0 Å². The van der Waals surface area contributed by atoms with Crippen molar-refractivity contribution in [1.82, 2.24) is 0 Å². The molecule has 0 fully saturated rings. The molecule has 0 unspecified atom stereocenters. The van der Waals surface area contributed by atoms with Gasteiger partial charge in [0.15, 0.2) is 17.3 Å². The van der Waals surface area contributed by atoms with E-state index in [2.05, 4.69) is 0 Å².